The van der Waals surface area contributed by atoms with Crippen molar-refractivity contribution in [2.45, 2.75) is 297 Å². The summed E-state index contributed by atoms with van der Waals surface area (Å²) in [5.41, 5.74) is 0. The molecule has 0 radical (unpaired) electrons. The summed E-state index contributed by atoms with van der Waals surface area (Å²) in [5, 5.41) is 9.11. The number of esters is 2. The fraction of sp³-hybridized carbons (Fsp3) is 0.966. The number of hydrogen-bond acceptors (Lipinski definition) is 7. The van der Waals surface area contributed by atoms with Crippen molar-refractivity contribution in [3.63, 3.8) is 0 Å². The van der Waals surface area contributed by atoms with Gasteiger partial charge in [0, 0.05) is 19.7 Å². The first-order valence-corrected chi connectivity index (χ1v) is 29.8. The Bertz CT molecular complexity index is 916. The summed E-state index contributed by atoms with van der Waals surface area (Å²) in [6, 6.07) is 0. The molecule has 2 atom stereocenters. The molecule has 7 nitrogen and oxygen atoms in total. The lowest BCUT2D eigenvalue weighted by Crippen LogP contribution is -2.35. The van der Waals surface area contributed by atoms with Crippen LogP contribution in [0.4, 0.5) is 0 Å². The molecule has 0 bridgehead atoms. The van der Waals surface area contributed by atoms with Gasteiger partial charge in [0.25, 0.3) is 0 Å². The lowest BCUT2D eigenvalue weighted by Gasteiger charge is -2.25. The molecule has 2 unspecified atom stereocenters. The van der Waals surface area contributed by atoms with Crippen LogP contribution in [-0.2, 0) is 19.1 Å². The molecular weight excluding hydrogens is 817 g/mol. The second-order valence-corrected chi connectivity index (χ2v) is 20.8. The Morgan fingerprint density at radius 1 is 0.348 bits per heavy atom. The third-order valence-corrected chi connectivity index (χ3v) is 14.3. The second-order valence-electron chi connectivity index (χ2n) is 20.8. The largest absolute Gasteiger partial charge is 0.465 e. The van der Waals surface area contributed by atoms with Crippen LogP contribution in [0.3, 0.4) is 0 Å². The lowest BCUT2D eigenvalue weighted by molar-refractivity contribution is -0.150. The van der Waals surface area contributed by atoms with Gasteiger partial charge in [-0.3, -0.25) is 9.59 Å². The molecule has 0 saturated carbocycles. The van der Waals surface area contributed by atoms with Gasteiger partial charge < -0.3 is 24.4 Å². The van der Waals surface area contributed by atoms with Crippen molar-refractivity contribution in [3.8, 4) is 0 Å². The third kappa shape index (κ3) is 45.3. The molecule has 0 aromatic carbocycles. The maximum atomic E-state index is 13.0. The van der Waals surface area contributed by atoms with Crippen LogP contribution in [0.15, 0.2) is 0 Å². The summed E-state index contributed by atoms with van der Waals surface area (Å²) in [6.07, 6.45) is 50.9. The van der Waals surface area contributed by atoms with Crippen molar-refractivity contribution < 1.29 is 24.2 Å². The van der Waals surface area contributed by atoms with E-state index in [1.807, 2.05) is 0 Å². The van der Waals surface area contributed by atoms with Crippen LogP contribution in [0.25, 0.3) is 0 Å². The molecule has 0 aromatic heterocycles. The maximum absolute atomic E-state index is 13.0. The number of carbonyl (C=O) groups is 2. The van der Waals surface area contributed by atoms with Crippen molar-refractivity contribution in [3.05, 3.63) is 0 Å². The zero-order valence-electron chi connectivity index (χ0n) is 45.5. The van der Waals surface area contributed by atoms with Crippen molar-refractivity contribution in [1.82, 2.24) is 9.80 Å². The Morgan fingerprint density at radius 3 is 1.00 bits per heavy atom. The van der Waals surface area contributed by atoms with E-state index >= 15 is 0 Å². The van der Waals surface area contributed by atoms with Crippen LogP contribution >= 0.6 is 0 Å². The average Bonchev–Trinajstić information content (AvgIpc) is 3.32. The molecular formula is C59H118N2O5. The molecule has 0 aliphatic carbocycles. The Kier molecular flexibility index (Phi) is 52.2. The number of nitrogens with zero attached hydrogens (tertiary/aromatic N) is 2. The molecule has 66 heavy (non-hydrogen) atoms. The smallest absolute Gasteiger partial charge is 0.308 e. The van der Waals surface area contributed by atoms with Crippen LogP contribution < -0.4 is 0 Å². The van der Waals surface area contributed by atoms with Crippen LogP contribution in [0, 0.1) is 11.8 Å². The predicted molar refractivity (Wildman–Crippen MR) is 287 cm³/mol. The maximum Gasteiger partial charge on any atom is 0.308 e. The van der Waals surface area contributed by atoms with Gasteiger partial charge in [-0.2, -0.15) is 0 Å². The number of hydrogen-bond donors (Lipinski definition) is 1. The van der Waals surface area contributed by atoms with Gasteiger partial charge in [0.2, 0.25) is 0 Å². The molecule has 0 aliphatic heterocycles. The van der Waals surface area contributed by atoms with Crippen molar-refractivity contribution in [1.29, 1.82) is 0 Å². The van der Waals surface area contributed by atoms with Gasteiger partial charge in [-0.15, -0.1) is 0 Å². The standard InChI is InChI=1S/C59H118N2O5/c1-6-10-14-18-26-36-46-56(44-34-16-12-8-3)58(63)65-54-42-32-24-20-22-28-39-49-61(52-51-60(5)48-38-30-31-41-53-62)50-40-29-23-21-25-33-43-55-66-59(64)57(45-35-17-13-9-4)47-37-27-19-15-11-7-2/h56-57,62H,6-55H2,1-5H3. The third-order valence-electron chi connectivity index (χ3n) is 14.3. The summed E-state index contributed by atoms with van der Waals surface area (Å²) in [4.78, 5) is 31.3. The number of likely N-dealkylation sites (N-methyl/N-ethyl adjacent to an activating group) is 1. The second kappa shape index (κ2) is 53.2. The minimum absolute atomic E-state index is 0.0789. The number of aliphatic hydroxyl groups excluding tert-OH is 1. The van der Waals surface area contributed by atoms with Crippen LogP contribution in [0.1, 0.15) is 297 Å². The van der Waals surface area contributed by atoms with E-state index in [-0.39, 0.29) is 23.8 Å². The first-order chi connectivity index (χ1) is 32.4. The van der Waals surface area contributed by atoms with E-state index in [0.29, 0.717) is 19.8 Å². The SMILES string of the molecule is CCCCCCCCC(CCCCCC)C(=O)OCCCCCCCCCN(CCCCCCCCCOC(=O)C(CCCCCC)CCCCCCCC)CCN(C)CCCCCCO. The average molecular weight is 936 g/mol. The van der Waals surface area contributed by atoms with Gasteiger partial charge in [0.05, 0.1) is 25.0 Å². The highest BCUT2D eigenvalue weighted by molar-refractivity contribution is 5.72. The Hall–Kier alpha value is -1.18. The van der Waals surface area contributed by atoms with Crippen molar-refractivity contribution in [2.75, 3.05) is 59.6 Å². The fourth-order valence-corrected chi connectivity index (χ4v) is 9.57. The molecule has 0 heterocycles. The first kappa shape index (κ1) is 64.8. The van der Waals surface area contributed by atoms with Gasteiger partial charge in [0.1, 0.15) is 0 Å². The monoisotopic (exact) mass is 935 g/mol. The number of ether oxygens (including phenoxy) is 2. The minimum atomic E-state index is 0.0789. The van der Waals surface area contributed by atoms with Crippen molar-refractivity contribution in [2.24, 2.45) is 11.8 Å². The summed E-state index contributed by atoms with van der Waals surface area (Å²) < 4.78 is 11.7. The van der Waals surface area contributed by atoms with E-state index in [2.05, 4.69) is 44.5 Å². The van der Waals surface area contributed by atoms with Crippen LogP contribution in [-0.4, -0.2) is 86.4 Å². The fourth-order valence-electron chi connectivity index (χ4n) is 9.57. The van der Waals surface area contributed by atoms with E-state index in [0.717, 1.165) is 96.7 Å². The predicted octanol–water partition coefficient (Wildman–Crippen LogP) is 17.0. The van der Waals surface area contributed by atoms with E-state index in [4.69, 9.17) is 14.6 Å². The number of carbonyl (C=O) groups excluding carboxylic acids is 2. The van der Waals surface area contributed by atoms with E-state index in [1.54, 1.807) is 0 Å². The van der Waals surface area contributed by atoms with Gasteiger partial charge in [-0.05, 0) is 90.9 Å². The van der Waals surface area contributed by atoms with Crippen molar-refractivity contribution >= 4 is 11.9 Å². The molecule has 0 fully saturated rings. The zero-order valence-corrected chi connectivity index (χ0v) is 45.5. The van der Waals surface area contributed by atoms with E-state index in [1.165, 1.54) is 206 Å². The lowest BCUT2D eigenvalue weighted by atomic mass is 9.94. The van der Waals surface area contributed by atoms with Gasteiger partial charge in [-0.1, -0.05) is 233 Å². The Labute approximate surface area is 413 Å². The normalized spacial score (nSPS) is 12.7. The van der Waals surface area contributed by atoms with Crippen LogP contribution in [0.5, 0.6) is 0 Å². The summed E-state index contributed by atoms with van der Waals surface area (Å²) in [7, 11) is 2.28. The minimum Gasteiger partial charge on any atom is -0.465 e. The quantitative estimate of drug-likeness (QED) is 0.0481. The molecule has 0 aromatic rings. The Morgan fingerprint density at radius 2 is 0.636 bits per heavy atom. The molecule has 0 aliphatic rings. The molecule has 0 spiro atoms. The number of rotatable bonds is 55. The molecule has 0 amide bonds. The molecule has 0 rings (SSSR count). The Balaban J connectivity index is 4.47. The molecule has 1 N–H and O–H groups in total. The van der Waals surface area contributed by atoms with E-state index < -0.39 is 0 Å². The van der Waals surface area contributed by atoms with Gasteiger partial charge in [-0.25, -0.2) is 0 Å². The molecule has 394 valence electrons. The first-order valence-electron chi connectivity index (χ1n) is 29.8. The molecule has 7 heteroatoms. The zero-order chi connectivity index (χ0) is 48.2. The van der Waals surface area contributed by atoms with E-state index in [9.17, 15) is 9.59 Å². The summed E-state index contributed by atoms with van der Waals surface area (Å²) >= 11 is 0. The highest BCUT2D eigenvalue weighted by Crippen LogP contribution is 2.23. The number of unbranched alkanes of at least 4 members (excludes halogenated alkanes) is 31. The van der Waals surface area contributed by atoms with Gasteiger partial charge >= 0.3 is 11.9 Å². The summed E-state index contributed by atoms with van der Waals surface area (Å²) in [5.74, 6) is 0.377. The van der Waals surface area contributed by atoms with Gasteiger partial charge in [0.15, 0.2) is 0 Å². The summed E-state index contributed by atoms with van der Waals surface area (Å²) in [6.45, 7) is 16.4. The highest BCUT2D eigenvalue weighted by Gasteiger charge is 2.20. The molecule has 0 saturated heterocycles. The van der Waals surface area contributed by atoms with Crippen LogP contribution in [0.2, 0.25) is 0 Å². The topological polar surface area (TPSA) is 79.3 Å². The highest BCUT2D eigenvalue weighted by atomic mass is 16.5. The number of aliphatic hydroxyl groups is 1.